The molecule has 0 fully saturated rings. The molecule has 0 aromatic rings. The molecule has 25 heteroatoms. The maximum absolute atomic E-state index is 11.3. The van der Waals surface area contributed by atoms with Crippen molar-refractivity contribution >= 4 is 34.7 Å². The fourth-order valence-corrected chi connectivity index (χ4v) is 0.848. The molecule has 40 heavy (non-hydrogen) atoms. The third-order valence-electron chi connectivity index (χ3n) is 2.46. The molecule has 0 aliphatic heterocycles. The van der Waals surface area contributed by atoms with Crippen LogP contribution in [0.3, 0.4) is 0 Å². The van der Waals surface area contributed by atoms with Gasteiger partial charge in [-0.15, -0.1) is 0 Å². The van der Waals surface area contributed by atoms with Gasteiger partial charge in [0, 0.05) is 0 Å². The average Bonchev–Trinajstić information content (AvgIpc) is 2.64. The van der Waals surface area contributed by atoms with Gasteiger partial charge in [-0.05, 0) is 35.5 Å². The molecule has 0 aliphatic carbocycles. The monoisotopic (exact) mass is 648 g/mol. The Balaban J connectivity index is -0.000000240. The molecule has 0 unspecified atom stereocenters. The number of halogens is 18. The number of alkyl halides is 18. The van der Waals surface area contributed by atoms with Crippen molar-refractivity contribution in [2.45, 2.75) is 37.1 Å². The van der Waals surface area contributed by atoms with E-state index in [1.54, 1.807) is 0 Å². The van der Waals surface area contributed by atoms with Gasteiger partial charge in [0.15, 0.2) is 0 Å². The van der Waals surface area contributed by atoms with Gasteiger partial charge in [0.2, 0.25) is 0 Å². The van der Waals surface area contributed by atoms with E-state index in [9.17, 15) is 109 Å². The molecule has 0 saturated heterocycles. The van der Waals surface area contributed by atoms with Crippen LogP contribution in [-0.4, -0.2) is 71.8 Å². The zero-order valence-electron chi connectivity index (χ0n) is 17.6. The molecular weight excluding hydrogens is 645 g/mol. The Bertz CT molecular complexity index is 834. The minimum absolute atomic E-state index is 0. The standard InChI is InChI=1S/3C5H2F6O2.Al/c3*6-4(7,8)2(12)1-3(13)5(9,10)11;/h3*1,12H;/q;;;+3/p-3. The molecule has 0 aromatic carbocycles. The first kappa shape index (κ1) is 43.9. The van der Waals surface area contributed by atoms with Crippen LogP contribution in [0.4, 0.5) is 79.0 Å². The van der Waals surface area contributed by atoms with E-state index in [1.807, 2.05) is 0 Å². The Morgan fingerprint density at radius 3 is 0.550 bits per heavy atom. The van der Waals surface area contributed by atoms with Crippen LogP contribution in [0.5, 0.6) is 0 Å². The Morgan fingerprint density at radius 2 is 0.475 bits per heavy atom. The van der Waals surface area contributed by atoms with Gasteiger partial charge in [-0.2, -0.15) is 79.0 Å². The van der Waals surface area contributed by atoms with Crippen molar-refractivity contribution in [1.82, 2.24) is 0 Å². The van der Waals surface area contributed by atoms with Crippen molar-refractivity contribution < 1.29 is 109 Å². The summed E-state index contributed by atoms with van der Waals surface area (Å²) in [4.78, 5) is 29.5. The minimum Gasteiger partial charge on any atom is -0.869 e. The first-order valence-corrected chi connectivity index (χ1v) is 7.86. The topological polar surface area (TPSA) is 120 Å². The second-order valence-electron chi connectivity index (χ2n) is 5.61. The van der Waals surface area contributed by atoms with Gasteiger partial charge in [0.1, 0.15) is 0 Å². The first-order chi connectivity index (χ1) is 16.6. The van der Waals surface area contributed by atoms with Crippen LogP contribution in [0.15, 0.2) is 35.5 Å². The van der Waals surface area contributed by atoms with Crippen molar-refractivity contribution in [3.05, 3.63) is 35.5 Å². The number of carbonyl (C=O) groups excluding carboxylic acids is 3. The van der Waals surface area contributed by atoms with Crippen LogP contribution in [0, 0.1) is 0 Å². The quantitative estimate of drug-likeness (QED) is 0.201. The van der Waals surface area contributed by atoms with Crippen molar-refractivity contribution in [3.63, 3.8) is 0 Å². The van der Waals surface area contributed by atoms with Gasteiger partial charge in [-0.3, -0.25) is 14.4 Å². The largest absolute Gasteiger partial charge is 3.00 e. The van der Waals surface area contributed by atoms with Crippen molar-refractivity contribution in [2.24, 2.45) is 0 Å². The molecule has 0 saturated carbocycles. The number of hydrogen-bond acceptors (Lipinski definition) is 6. The third-order valence-corrected chi connectivity index (χ3v) is 2.46. The van der Waals surface area contributed by atoms with Gasteiger partial charge < -0.3 is 15.3 Å². The second-order valence-corrected chi connectivity index (χ2v) is 5.61. The minimum atomic E-state index is -5.46. The van der Waals surface area contributed by atoms with Crippen LogP contribution in [0.25, 0.3) is 0 Å². The molecule has 0 rings (SSSR count). The van der Waals surface area contributed by atoms with E-state index in [1.165, 1.54) is 0 Å². The maximum Gasteiger partial charge on any atom is 3.00 e. The van der Waals surface area contributed by atoms with Crippen molar-refractivity contribution in [2.75, 3.05) is 0 Å². The molecule has 0 heterocycles. The van der Waals surface area contributed by atoms with E-state index in [4.69, 9.17) is 0 Å². The van der Waals surface area contributed by atoms with Gasteiger partial charge in [-0.25, -0.2) is 0 Å². The smallest absolute Gasteiger partial charge is 0.869 e. The van der Waals surface area contributed by atoms with Gasteiger partial charge in [0.25, 0.3) is 17.3 Å². The normalized spacial score (nSPS) is 14.1. The van der Waals surface area contributed by atoms with E-state index < -0.39 is 89.9 Å². The zero-order valence-corrected chi connectivity index (χ0v) is 18.7. The predicted octanol–water partition coefficient (Wildman–Crippen LogP) is 2.39. The fourth-order valence-electron chi connectivity index (χ4n) is 0.848. The molecule has 0 N–H and O–H groups in total. The number of ketones is 3. The Kier molecular flexibility index (Phi) is 16.5. The summed E-state index contributed by atoms with van der Waals surface area (Å²) in [7, 11) is 0. The Labute approximate surface area is 217 Å². The first-order valence-electron chi connectivity index (χ1n) is 7.86. The maximum atomic E-state index is 11.3. The molecule has 0 aromatic heterocycles. The number of allylic oxidation sites excluding steroid dienone is 6. The molecule has 0 atom stereocenters. The third kappa shape index (κ3) is 19.9. The van der Waals surface area contributed by atoms with Gasteiger partial charge in [0.05, 0.1) is 0 Å². The zero-order chi connectivity index (χ0) is 32.6. The molecule has 228 valence electrons. The molecule has 6 nitrogen and oxygen atoms in total. The molecule has 0 bridgehead atoms. The van der Waals surface area contributed by atoms with E-state index in [2.05, 4.69) is 0 Å². The van der Waals surface area contributed by atoms with Crippen LogP contribution in [0.1, 0.15) is 0 Å². The van der Waals surface area contributed by atoms with Gasteiger partial charge in [-0.1, -0.05) is 0 Å². The van der Waals surface area contributed by atoms with E-state index in [0.717, 1.165) is 0 Å². The Hall–Kier alpha value is -3.10. The molecule has 0 amide bonds. The summed E-state index contributed by atoms with van der Waals surface area (Å²) in [5.41, 5.74) is 0. The van der Waals surface area contributed by atoms with Crippen molar-refractivity contribution in [1.29, 1.82) is 0 Å². The average molecular weight is 648 g/mol. The molecule has 0 spiro atoms. The summed E-state index contributed by atoms with van der Waals surface area (Å²) in [6.45, 7) is 0. The summed E-state index contributed by atoms with van der Waals surface area (Å²) in [6.07, 6.45) is -35.8. The number of rotatable bonds is 3. The number of hydrogen-bond donors (Lipinski definition) is 0. The summed E-state index contributed by atoms with van der Waals surface area (Å²) in [6, 6.07) is 0. The molecular formula is C15H3AlF18O6. The Morgan fingerprint density at radius 1 is 0.350 bits per heavy atom. The summed E-state index contributed by atoms with van der Waals surface area (Å²) in [5, 5.41) is 29.5. The van der Waals surface area contributed by atoms with Crippen LogP contribution >= 0.6 is 0 Å². The van der Waals surface area contributed by atoms with E-state index in [-0.39, 0.29) is 17.4 Å². The van der Waals surface area contributed by atoms with Crippen LogP contribution in [-0.2, 0) is 14.4 Å². The molecule has 0 radical (unpaired) electrons. The van der Waals surface area contributed by atoms with E-state index >= 15 is 0 Å². The fraction of sp³-hybridized carbons (Fsp3) is 0.400. The predicted molar refractivity (Wildman–Crippen MR) is 81.4 cm³/mol. The summed E-state index contributed by atoms with van der Waals surface area (Å²) in [5.74, 6) is -16.9. The summed E-state index contributed by atoms with van der Waals surface area (Å²) >= 11 is 0. The van der Waals surface area contributed by atoms with Crippen LogP contribution < -0.4 is 15.3 Å². The number of carbonyl (C=O) groups is 3. The van der Waals surface area contributed by atoms with Crippen molar-refractivity contribution in [3.8, 4) is 0 Å². The van der Waals surface area contributed by atoms with Crippen LogP contribution in [0.2, 0.25) is 0 Å². The second kappa shape index (κ2) is 15.1. The SMILES string of the molecule is O=C(C=C([O-])C(F)(F)F)C(F)(F)F.O=C(C=C([O-])C(F)(F)F)C(F)(F)F.O=C(C=C([O-])C(F)(F)F)C(F)(F)F.[Al+3]. The van der Waals surface area contributed by atoms with Gasteiger partial charge >= 0.3 is 54.4 Å². The summed E-state index contributed by atoms with van der Waals surface area (Å²) < 4.78 is 203. The van der Waals surface area contributed by atoms with E-state index in [0.29, 0.717) is 0 Å². The molecule has 0 aliphatic rings.